The smallest absolute Gasteiger partial charge is 0.323 e. The van der Waals surface area contributed by atoms with Gasteiger partial charge in [-0.3, -0.25) is 0 Å². The molecule has 6 heteroatoms. The Morgan fingerprint density at radius 1 is 0.875 bits per heavy atom. The van der Waals surface area contributed by atoms with Crippen molar-refractivity contribution in [2.45, 2.75) is 0 Å². The molecule has 0 atom stereocenters. The summed E-state index contributed by atoms with van der Waals surface area (Å²) in [5.74, 6) is -0.333. The number of rotatable bonds is 3. The normalized spacial score (nSPS) is 15.2. The van der Waals surface area contributed by atoms with Crippen LogP contribution in [0.15, 0.2) is 48.5 Å². The minimum Gasteiger partial charge on any atom is -0.369 e. The Bertz CT molecular complexity index is 679. The number of anilines is 3. The zero-order chi connectivity index (χ0) is 16.9. The second-order valence-electron chi connectivity index (χ2n) is 5.92. The maximum Gasteiger partial charge on any atom is 0.323 e. The van der Waals surface area contributed by atoms with Gasteiger partial charge in [-0.05, 0) is 55.6 Å². The van der Waals surface area contributed by atoms with E-state index in [-0.39, 0.29) is 11.8 Å². The molecule has 2 amide bonds. The molecule has 1 heterocycles. The number of carbonyl (C=O) groups is 1. The molecular weight excluding hydrogens is 307 g/mol. The highest BCUT2D eigenvalue weighted by Gasteiger charge is 2.14. The van der Waals surface area contributed by atoms with Gasteiger partial charge < -0.3 is 20.4 Å². The van der Waals surface area contributed by atoms with Crippen LogP contribution in [0.25, 0.3) is 0 Å². The first kappa shape index (κ1) is 16.3. The van der Waals surface area contributed by atoms with E-state index < -0.39 is 0 Å². The lowest BCUT2D eigenvalue weighted by atomic mass is 10.2. The van der Waals surface area contributed by atoms with Crippen molar-refractivity contribution in [2.75, 3.05) is 48.8 Å². The average Bonchev–Trinajstić information content (AvgIpc) is 2.58. The molecule has 1 saturated heterocycles. The molecule has 1 aliphatic heterocycles. The number of hydrogen-bond donors (Lipinski definition) is 2. The molecular formula is C18H21FN4O. The number of benzene rings is 2. The number of nitrogens with one attached hydrogen (secondary N) is 2. The van der Waals surface area contributed by atoms with E-state index in [1.54, 1.807) is 0 Å². The van der Waals surface area contributed by atoms with Crippen LogP contribution in [0, 0.1) is 5.82 Å². The van der Waals surface area contributed by atoms with Crippen LogP contribution < -0.4 is 15.5 Å². The molecule has 24 heavy (non-hydrogen) atoms. The molecule has 2 aromatic rings. The van der Waals surface area contributed by atoms with Gasteiger partial charge in [0.05, 0.1) is 0 Å². The molecule has 0 saturated carbocycles. The highest BCUT2D eigenvalue weighted by Crippen LogP contribution is 2.19. The lowest BCUT2D eigenvalue weighted by Gasteiger charge is -2.34. The quantitative estimate of drug-likeness (QED) is 0.909. The van der Waals surface area contributed by atoms with E-state index in [1.165, 1.54) is 24.3 Å². The predicted molar refractivity (Wildman–Crippen MR) is 95.2 cm³/mol. The minimum absolute atomic E-state index is 0.333. The van der Waals surface area contributed by atoms with Crippen molar-refractivity contribution in [3.63, 3.8) is 0 Å². The van der Waals surface area contributed by atoms with E-state index in [2.05, 4.69) is 27.5 Å². The lowest BCUT2D eigenvalue weighted by molar-refractivity contribution is 0.262. The fourth-order valence-electron chi connectivity index (χ4n) is 2.65. The van der Waals surface area contributed by atoms with Crippen LogP contribution in [0.5, 0.6) is 0 Å². The van der Waals surface area contributed by atoms with Crippen LogP contribution >= 0.6 is 0 Å². The predicted octanol–water partition coefficient (Wildman–Crippen LogP) is 3.22. The van der Waals surface area contributed by atoms with Gasteiger partial charge in [0, 0.05) is 43.2 Å². The maximum atomic E-state index is 12.8. The van der Waals surface area contributed by atoms with Gasteiger partial charge in [-0.25, -0.2) is 9.18 Å². The Balaban J connectivity index is 1.55. The molecule has 3 rings (SSSR count). The second-order valence-corrected chi connectivity index (χ2v) is 5.92. The maximum absolute atomic E-state index is 12.8. The third-order valence-corrected chi connectivity index (χ3v) is 4.10. The average molecular weight is 328 g/mol. The highest BCUT2D eigenvalue weighted by atomic mass is 19.1. The van der Waals surface area contributed by atoms with Crippen molar-refractivity contribution >= 4 is 23.1 Å². The number of piperazine rings is 1. The standard InChI is InChI=1S/C18H21FN4O/c1-22-10-12-23(13-11-22)17-8-6-16(7-9-17)21-18(24)20-15-4-2-14(19)3-5-15/h2-9H,10-13H2,1H3,(H2,20,21,24). The Morgan fingerprint density at radius 2 is 1.38 bits per heavy atom. The Hall–Kier alpha value is -2.60. The molecule has 0 aliphatic carbocycles. The number of carbonyl (C=O) groups excluding carboxylic acids is 1. The first-order valence-electron chi connectivity index (χ1n) is 7.97. The highest BCUT2D eigenvalue weighted by molar-refractivity contribution is 5.99. The van der Waals surface area contributed by atoms with E-state index in [1.807, 2.05) is 24.3 Å². The summed E-state index contributed by atoms with van der Waals surface area (Å²) in [5, 5.41) is 5.44. The van der Waals surface area contributed by atoms with Crippen LogP contribution in [-0.4, -0.2) is 44.2 Å². The van der Waals surface area contributed by atoms with E-state index in [0.717, 1.165) is 31.9 Å². The first-order chi connectivity index (χ1) is 11.6. The van der Waals surface area contributed by atoms with E-state index >= 15 is 0 Å². The Labute approximate surface area is 141 Å². The van der Waals surface area contributed by atoms with E-state index in [9.17, 15) is 9.18 Å². The van der Waals surface area contributed by atoms with Gasteiger partial charge in [-0.2, -0.15) is 0 Å². The molecule has 0 unspecified atom stereocenters. The van der Waals surface area contributed by atoms with Crippen molar-refractivity contribution in [1.82, 2.24) is 4.90 Å². The molecule has 0 bridgehead atoms. The zero-order valence-electron chi connectivity index (χ0n) is 13.6. The second kappa shape index (κ2) is 7.31. The summed E-state index contributed by atoms with van der Waals surface area (Å²) in [6.07, 6.45) is 0. The summed E-state index contributed by atoms with van der Waals surface area (Å²) >= 11 is 0. The van der Waals surface area contributed by atoms with Crippen LogP contribution in [0.4, 0.5) is 26.2 Å². The van der Waals surface area contributed by atoms with Crippen LogP contribution in [0.1, 0.15) is 0 Å². The number of likely N-dealkylation sites (N-methyl/N-ethyl adjacent to an activating group) is 1. The van der Waals surface area contributed by atoms with Gasteiger partial charge in [0.15, 0.2) is 0 Å². The summed E-state index contributed by atoms with van der Waals surface area (Å²) in [6.45, 7) is 4.13. The van der Waals surface area contributed by atoms with E-state index in [4.69, 9.17) is 0 Å². The number of nitrogens with zero attached hydrogens (tertiary/aromatic N) is 2. The fraction of sp³-hybridized carbons (Fsp3) is 0.278. The summed E-state index contributed by atoms with van der Waals surface area (Å²) in [6, 6.07) is 13.1. The summed E-state index contributed by atoms with van der Waals surface area (Å²) < 4.78 is 12.8. The summed E-state index contributed by atoms with van der Waals surface area (Å²) in [5.41, 5.74) is 2.42. The lowest BCUT2D eigenvalue weighted by Crippen LogP contribution is -2.44. The van der Waals surface area contributed by atoms with Crippen LogP contribution in [0.3, 0.4) is 0 Å². The van der Waals surface area contributed by atoms with E-state index in [0.29, 0.717) is 11.4 Å². The van der Waals surface area contributed by atoms with Gasteiger partial charge >= 0.3 is 6.03 Å². The summed E-state index contributed by atoms with van der Waals surface area (Å²) in [4.78, 5) is 16.6. The van der Waals surface area contributed by atoms with Crippen LogP contribution in [0.2, 0.25) is 0 Å². The van der Waals surface area contributed by atoms with Gasteiger partial charge in [0.1, 0.15) is 5.82 Å². The summed E-state index contributed by atoms with van der Waals surface area (Å²) in [7, 11) is 2.13. The number of amides is 2. The Kier molecular flexibility index (Phi) is 4.96. The molecule has 2 aromatic carbocycles. The molecule has 2 N–H and O–H groups in total. The van der Waals surface area contributed by atoms with Crippen molar-refractivity contribution in [3.05, 3.63) is 54.3 Å². The Morgan fingerprint density at radius 3 is 1.92 bits per heavy atom. The van der Waals surface area contributed by atoms with Crippen molar-refractivity contribution in [2.24, 2.45) is 0 Å². The largest absolute Gasteiger partial charge is 0.369 e. The SMILES string of the molecule is CN1CCN(c2ccc(NC(=O)Nc3ccc(F)cc3)cc2)CC1. The molecule has 1 aliphatic rings. The third kappa shape index (κ3) is 4.23. The molecule has 126 valence electrons. The van der Waals surface area contributed by atoms with Crippen molar-refractivity contribution < 1.29 is 9.18 Å². The molecule has 1 fully saturated rings. The monoisotopic (exact) mass is 328 g/mol. The van der Waals surface area contributed by atoms with Gasteiger partial charge in [-0.15, -0.1) is 0 Å². The first-order valence-corrected chi connectivity index (χ1v) is 7.97. The molecule has 0 spiro atoms. The number of urea groups is 1. The van der Waals surface area contributed by atoms with Gasteiger partial charge in [0.25, 0.3) is 0 Å². The third-order valence-electron chi connectivity index (χ3n) is 4.10. The van der Waals surface area contributed by atoms with Gasteiger partial charge in [0.2, 0.25) is 0 Å². The number of halogens is 1. The number of hydrogen-bond acceptors (Lipinski definition) is 3. The molecule has 0 radical (unpaired) electrons. The zero-order valence-corrected chi connectivity index (χ0v) is 13.6. The van der Waals surface area contributed by atoms with Crippen molar-refractivity contribution in [3.8, 4) is 0 Å². The molecule has 0 aromatic heterocycles. The minimum atomic E-state index is -0.353. The van der Waals surface area contributed by atoms with Crippen molar-refractivity contribution in [1.29, 1.82) is 0 Å². The molecule has 5 nitrogen and oxygen atoms in total. The fourth-order valence-corrected chi connectivity index (χ4v) is 2.65. The topological polar surface area (TPSA) is 47.6 Å². The van der Waals surface area contributed by atoms with Gasteiger partial charge in [-0.1, -0.05) is 0 Å². The van der Waals surface area contributed by atoms with Crippen LogP contribution in [-0.2, 0) is 0 Å².